The number of carbonyl (C=O) groups excluding carboxylic acids is 1. The molecule has 1 aromatic heterocycles. The molecule has 2 aromatic rings. The summed E-state index contributed by atoms with van der Waals surface area (Å²) in [5.74, 6) is 0.600. The molecule has 2 heterocycles. The summed E-state index contributed by atoms with van der Waals surface area (Å²) in [7, 11) is 0. The number of aromatic nitrogens is 1. The normalized spacial score (nSPS) is 17.5. The summed E-state index contributed by atoms with van der Waals surface area (Å²) in [6, 6.07) is 6.53. The second-order valence-corrected chi connectivity index (χ2v) is 6.22. The molecule has 0 aliphatic carbocycles. The molecular formula is C19H23FN2O2. The second-order valence-electron chi connectivity index (χ2n) is 6.22. The molecule has 1 saturated heterocycles. The molecule has 1 aliphatic heterocycles. The Bertz CT molecular complexity index is 704. The van der Waals surface area contributed by atoms with Crippen LogP contribution >= 0.6 is 0 Å². The van der Waals surface area contributed by atoms with Crippen LogP contribution in [0.1, 0.15) is 55.3 Å². The Balaban J connectivity index is 1.80. The molecule has 0 saturated carbocycles. The molecule has 3 rings (SSSR count). The van der Waals surface area contributed by atoms with E-state index < -0.39 is 0 Å². The van der Waals surface area contributed by atoms with E-state index in [1.165, 1.54) is 12.1 Å². The van der Waals surface area contributed by atoms with E-state index >= 15 is 0 Å². The molecule has 1 aliphatic rings. The Labute approximate surface area is 141 Å². The molecule has 0 bridgehead atoms. The zero-order valence-electron chi connectivity index (χ0n) is 14.2. The molecule has 5 heteroatoms. The maximum Gasteiger partial charge on any atom is 0.227 e. The zero-order chi connectivity index (χ0) is 17.1. The van der Waals surface area contributed by atoms with E-state index in [4.69, 9.17) is 4.52 Å². The molecule has 0 radical (unpaired) electrons. The summed E-state index contributed by atoms with van der Waals surface area (Å²) in [6.07, 6.45) is 3.60. The molecule has 1 atom stereocenters. The van der Waals surface area contributed by atoms with E-state index in [0.29, 0.717) is 13.0 Å². The van der Waals surface area contributed by atoms with Gasteiger partial charge in [-0.15, -0.1) is 0 Å². The van der Waals surface area contributed by atoms with Crippen molar-refractivity contribution in [1.82, 2.24) is 10.1 Å². The lowest BCUT2D eigenvalue weighted by Gasteiger charge is -2.25. The summed E-state index contributed by atoms with van der Waals surface area (Å²) in [4.78, 5) is 14.8. The highest BCUT2D eigenvalue weighted by Crippen LogP contribution is 2.33. The van der Waals surface area contributed by atoms with Crippen LogP contribution in [0.4, 0.5) is 4.39 Å². The van der Waals surface area contributed by atoms with Gasteiger partial charge in [-0.2, -0.15) is 0 Å². The Kier molecular flexibility index (Phi) is 4.97. The molecule has 1 aromatic carbocycles. The van der Waals surface area contributed by atoms with Crippen molar-refractivity contribution in [3.8, 4) is 0 Å². The van der Waals surface area contributed by atoms with Gasteiger partial charge in [0, 0.05) is 18.5 Å². The van der Waals surface area contributed by atoms with Crippen LogP contribution in [0, 0.1) is 5.82 Å². The molecule has 24 heavy (non-hydrogen) atoms. The molecular weight excluding hydrogens is 307 g/mol. The van der Waals surface area contributed by atoms with Gasteiger partial charge in [0.2, 0.25) is 5.91 Å². The van der Waals surface area contributed by atoms with Gasteiger partial charge in [-0.05, 0) is 37.0 Å². The van der Waals surface area contributed by atoms with E-state index in [1.807, 2.05) is 24.8 Å². The van der Waals surface area contributed by atoms with E-state index in [9.17, 15) is 9.18 Å². The van der Waals surface area contributed by atoms with E-state index in [-0.39, 0.29) is 17.8 Å². The van der Waals surface area contributed by atoms with Crippen molar-refractivity contribution in [3.63, 3.8) is 0 Å². The van der Waals surface area contributed by atoms with Crippen LogP contribution in [-0.4, -0.2) is 22.5 Å². The smallest absolute Gasteiger partial charge is 0.227 e. The minimum absolute atomic E-state index is 0.0387. The lowest BCUT2D eigenvalue weighted by atomic mass is 10.0. The molecule has 1 fully saturated rings. The first-order chi connectivity index (χ1) is 11.6. The maximum absolute atomic E-state index is 13.5. The number of rotatable bonds is 5. The Hall–Kier alpha value is -2.17. The fraction of sp³-hybridized carbons (Fsp3) is 0.474. The van der Waals surface area contributed by atoms with Crippen molar-refractivity contribution >= 4 is 5.91 Å². The summed E-state index contributed by atoms with van der Waals surface area (Å²) >= 11 is 0. The van der Waals surface area contributed by atoms with E-state index in [2.05, 4.69) is 5.16 Å². The third-order valence-corrected chi connectivity index (χ3v) is 4.74. The van der Waals surface area contributed by atoms with Crippen LogP contribution < -0.4 is 0 Å². The van der Waals surface area contributed by atoms with Crippen LogP contribution in [0.5, 0.6) is 0 Å². The summed E-state index contributed by atoms with van der Waals surface area (Å²) in [5.41, 5.74) is 2.66. The first kappa shape index (κ1) is 16.7. The second kappa shape index (κ2) is 7.16. The Morgan fingerprint density at radius 1 is 1.38 bits per heavy atom. The third-order valence-electron chi connectivity index (χ3n) is 4.74. The number of likely N-dealkylation sites (tertiary alicyclic amines) is 1. The zero-order valence-corrected chi connectivity index (χ0v) is 14.2. The van der Waals surface area contributed by atoms with Crippen LogP contribution in [0.2, 0.25) is 0 Å². The van der Waals surface area contributed by atoms with Gasteiger partial charge in [0.05, 0.1) is 18.2 Å². The number of carbonyl (C=O) groups is 1. The van der Waals surface area contributed by atoms with Crippen LogP contribution in [0.3, 0.4) is 0 Å². The van der Waals surface area contributed by atoms with Crippen molar-refractivity contribution in [2.75, 3.05) is 6.54 Å². The molecule has 4 nitrogen and oxygen atoms in total. The monoisotopic (exact) mass is 330 g/mol. The highest BCUT2D eigenvalue weighted by atomic mass is 19.1. The van der Waals surface area contributed by atoms with Crippen molar-refractivity contribution in [2.24, 2.45) is 0 Å². The molecule has 128 valence electrons. The Morgan fingerprint density at radius 2 is 2.21 bits per heavy atom. The fourth-order valence-corrected chi connectivity index (χ4v) is 3.52. The highest BCUT2D eigenvalue weighted by molar-refractivity contribution is 5.80. The first-order valence-electron chi connectivity index (χ1n) is 8.65. The van der Waals surface area contributed by atoms with Gasteiger partial charge >= 0.3 is 0 Å². The number of benzene rings is 1. The molecule has 1 unspecified atom stereocenters. The lowest BCUT2D eigenvalue weighted by molar-refractivity contribution is -0.131. The van der Waals surface area contributed by atoms with Gasteiger partial charge in [-0.25, -0.2) is 4.39 Å². The van der Waals surface area contributed by atoms with E-state index in [1.54, 1.807) is 6.07 Å². The van der Waals surface area contributed by atoms with E-state index in [0.717, 1.165) is 48.3 Å². The topological polar surface area (TPSA) is 46.3 Å². The molecule has 0 N–H and O–H groups in total. The third kappa shape index (κ3) is 3.21. The maximum atomic E-state index is 13.5. The number of halogens is 1. The van der Waals surface area contributed by atoms with Gasteiger partial charge in [0.25, 0.3) is 0 Å². The average molecular weight is 330 g/mol. The standard InChI is InChI=1S/C19H23FN2O2/c1-3-16-15(18(4-2)24-21-16)12-19(23)22-10-6-9-17(22)13-7-5-8-14(20)11-13/h5,7-8,11,17H,3-4,6,9-10,12H2,1-2H3. The van der Waals surface area contributed by atoms with Crippen molar-refractivity contribution in [3.05, 3.63) is 52.7 Å². The van der Waals surface area contributed by atoms with Gasteiger partial charge in [-0.1, -0.05) is 31.1 Å². The molecule has 1 amide bonds. The molecule has 0 spiro atoms. The fourth-order valence-electron chi connectivity index (χ4n) is 3.52. The van der Waals surface area contributed by atoms with Gasteiger partial charge in [-0.3, -0.25) is 4.79 Å². The number of hydrogen-bond acceptors (Lipinski definition) is 3. The quantitative estimate of drug-likeness (QED) is 0.836. The van der Waals surface area contributed by atoms with Crippen molar-refractivity contribution < 1.29 is 13.7 Å². The highest BCUT2D eigenvalue weighted by Gasteiger charge is 2.31. The SMILES string of the molecule is CCc1noc(CC)c1CC(=O)N1CCCC1c1cccc(F)c1. The number of amides is 1. The van der Waals surface area contributed by atoms with Gasteiger partial charge in [0.15, 0.2) is 0 Å². The summed E-state index contributed by atoms with van der Waals surface area (Å²) in [6.45, 7) is 4.73. The Morgan fingerprint density at radius 3 is 2.92 bits per heavy atom. The minimum atomic E-state index is -0.257. The average Bonchev–Trinajstić information content (AvgIpc) is 3.21. The van der Waals surface area contributed by atoms with Crippen LogP contribution in [0.15, 0.2) is 28.8 Å². The summed E-state index contributed by atoms with van der Waals surface area (Å²) in [5, 5.41) is 4.08. The minimum Gasteiger partial charge on any atom is -0.361 e. The largest absolute Gasteiger partial charge is 0.361 e. The van der Waals surface area contributed by atoms with Crippen molar-refractivity contribution in [2.45, 2.75) is 52.0 Å². The number of hydrogen-bond donors (Lipinski definition) is 0. The number of nitrogens with zero attached hydrogens (tertiary/aromatic N) is 2. The van der Waals surface area contributed by atoms with Gasteiger partial charge in [0.1, 0.15) is 11.6 Å². The van der Waals surface area contributed by atoms with Crippen molar-refractivity contribution in [1.29, 1.82) is 0 Å². The predicted molar refractivity (Wildman–Crippen MR) is 89.1 cm³/mol. The predicted octanol–water partition coefficient (Wildman–Crippen LogP) is 3.84. The number of aryl methyl sites for hydroxylation is 2. The van der Waals surface area contributed by atoms with Crippen LogP contribution in [0.25, 0.3) is 0 Å². The van der Waals surface area contributed by atoms with Gasteiger partial charge < -0.3 is 9.42 Å². The first-order valence-corrected chi connectivity index (χ1v) is 8.65. The summed E-state index contributed by atoms with van der Waals surface area (Å²) < 4.78 is 18.9. The lowest BCUT2D eigenvalue weighted by Crippen LogP contribution is -2.32. The van der Waals surface area contributed by atoms with Crippen LogP contribution in [-0.2, 0) is 24.1 Å².